The summed E-state index contributed by atoms with van der Waals surface area (Å²) in [6.45, 7) is 9.33. The molecule has 3 fully saturated rings. The number of aliphatic hydroxyl groups excluding tert-OH is 3. The molecule has 0 amide bonds. The molecule has 3 saturated carbocycles. The Morgan fingerprint density at radius 1 is 1.13 bits per heavy atom. The third kappa shape index (κ3) is 3.75. The zero-order valence-corrected chi connectivity index (χ0v) is 20.0. The Labute approximate surface area is 188 Å². The van der Waals surface area contributed by atoms with Crippen molar-refractivity contribution < 1.29 is 20.1 Å². The number of fused-ring (bicyclic) bond motifs is 5. The van der Waals surface area contributed by atoms with Gasteiger partial charge in [-0.15, -0.1) is 0 Å². The topological polar surface area (TPSA) is 77.8 Å². The molecule has 0 aromatic carbocycles. The van der Waals surface area contributed by atoms with Crippen molar-refractivity contribution in [2.45, 2.75) is 97.7 Å². The van der Waals surface area contributed by atoms with Crippen molar-refractivity contribution in [3.05, 3.63) is 11.6 Å². The lowest BCUT2D eigenvalue weighted by molar-refractivity contribution is -0.168. The monoisotopic (exact) mass is 432 g/mol. The number of carbonyl (C=O) groups is 1. The summed E-state index contributed by atoms with van der Waals surface area (Å²) >= 11 is 0. The van der Waals surface area contributed by atoms with E-state index in [9.17, 15) is 20.1 Å². The summed E-state index contributed by atoms with van der Waals surface area (Å²) in [5, 5.41) is 32.2. The molecule has 0 aromatic rings. The van der Waals surface area contributed by atoms with Crippen LogP contribution in [-0.4, -0.2) is 39.9 Å². The second-order valence-corrected chi connectivity index (χ2v) is 12.1. The number of hydrogen-bond donors (Lipinski definition) is 3. The van der Waals surface area contributed by atoms with Crippen LogP contribution in [0.1, 0.15) is 85.5 Å². The van der Waals surface area contributed by atoms with Crippen molar-refractivity contribution in [1.82, 2.24) is 0 Å². The van der Waals surface area contributed by atoms with E-state index in [1.54, 1.807) is 0 Å². The minimum Gasteiger partial charge on any atom is -0.396 e. The molecule has 10 atom stereocenters. The van der Waals surface area contributed by atoms with Gasteiger partial charge in [-0.25, -0.2) is 0 Å². The lowest BCUT2D eigenvalue weighted by atomic mass is 9.45. The first-order valence-corrected chi connectivity index (χ1v) is 12.8. The zero-order valence-electron chi connectivity index (χ0n) is 20.0. The van der Waals surface area contributed by atoms with E-state index in [4.69, 9.17) is 0 Å². The van der Waals surface area contributed by atoms with Crippen molar-refractivity contribution in [2.24, 2.45) is 46.3 Å². The minimum atomic E-state index is -0.397. The summed E-state index contributed by atoms with van der Waals surface area (Å²) in [6, 6.07) is 0. The van der Waals surface area contributed by atoms with E-state index in [1.165, 1.54) is 0 Å². The standard InChI is InChI=1S/C27H44O4/c1-16(15-28)6-5-7-17(2)20-8-9-21-25-22(14-24(31)27(20,21)4)26(3)11-10-19(29)12-18(26)13-23(25)30/h12,16-17,20-25,28,30-31H,5-11,13-15H2,1-4H3/t16-,17-,20-,21+,22+,23-,24+,25+,26+,27-/m1/s1. The summed E-state index contributed by atoms with van der Waals surface area (Å²) in [5.74, 6) is 2.45. The van der Waals surface area contributed by atoms with E-state index in [0.29, 0.717) is 36.5 Å². The maximum Gasteiger partial charge on any atom is 0.155 e. The molecule has 4 aliphatic carbocycles. The first kappa shape index (κ1) is 23.4. The molecule has 0 heterocycles. The maximum atomic E-state index is 12.1. The van der Waals surface area contributed by atoms with Crippen molar-refractivity contribution in [3.8, 4) is 0 Å². The molecule has 4 rings (SSSR count). The SMILES string of the molecule is C[C@@H](CO)CCC[C@@H](C)[C@H]1CC[C@H]2[C@@H]3[C@H](O)CC4=CC(=O)CC[C@]4(C)[C@H]3C[C@H](O)[C@]12C. The zero-order chi connectivity index (χ0) is 22.6. The highest BCUT2D eigenvalue weighted by atomic mass is 16.3. The van der Waals surface area contributed by atoms with Gasteiger partial charge < -0.3 is 15.3 Å². The van der Waals surface area contributed by atoms with Crippen molar-refractivity contribution >= 4 is 5.78 Å². The average Bonchev–Trinajstić information content (AvgIpc) is 3.08. The third-order valence-electron chi connectivity index (χ3n) is 10.5. The van der Waals surface area contributed by atoms with Gasteiger partial charge in [-0.05, 0) is 90.9 Å². The van der Waals surface area contributed by atoms with Crippen molar-refractivity contribution in [3.63, 3.8) is 0 Å². The molecule has 31 heavy (non-hydrogen) atoms. The number of ketones is 1. The van der Waals surface area contributed by atoms with E-state index in [0.717, 1.165) is 50.5 Å². The molecule has 0 aliphatic heterocycles. The Morgan fingerprint density at radius 3 is 2.58 bits per heavy atom. The highest BCUT2D eigenvalue weighted by Crippen LogP contribution is 2.67. The average molecular weight is 433 g/mol. The van der Waals surface area contributed by atoms with Crippen LogP contribution in [0.4, 0.5) is 0 Å². The second-order valence-electron chi connectivity index (χ2n) is 12.1. The highest BCUT2D eigenvalue weighted by molar-refractivity contribution is 5.91. The Morgan fingerprint density at radius 2 is 1.87 bits per heavy atom. The van der Waals surface area contributed by atoms with Crippen LogP contribution in [0.25, 0.3) is 0 Å². The number of aliphatic hydroxyl groups is 3. The highest BCUT2D eigenvalue weighted by Gasteiger charge is 2.64. The van der Waals surface area contributed by atoms with Crippen LogP contribution >= 0.6 is 0 Å². The molecule has 4 heteroatoms. The number of carbonyl (C=O) groups excluding carboxylic acids is 1. The van der Waals surface area contributed by atoms with E-state index in [2.05, 4.69) is 27.7 Å². The van der Waals surface area contributed by atoms with Crippen LogP contribution in [-0.2, 0) is 4.79 Å². The Bertz CT molecular complexity index is 716. The predicted octanol–water partition coefficient (Wildman–Crippen LogP) is 4.51. The van der Waals surface area contributed by atoms with Crippen LogP contribution in [0.15, 0.2) is 11.6 Å². The Balaban J connectivity index is 1.55. The van der Waals surface area contributed by atoms with Crippen LogP contribution in [0.2, 0.25) is 0 Å². The quantitative estimate of drug-likeness (QED) is 0.577. The molecule has 4 nitrogen and oxygen atoms in total. The largest absolute Gasteiger partial charge is 0.396 e. The normalized spacial score (nSPS) is 46.5. The van der Waals surface area contributed by atoms with Gasteiger partial charge in [-0.1, -0.05) is 46.1 Å². The van der Waals surface area contributed by atoms with Crippen molar-refractivity contribution in [1.29, 1.82) is 0 Å². The lowest BCUT2D eigenvalue weighted by Crippen LogP contribution is -2.60. The smallest absolute Gasteiger partial charge is 0.155 e. The van der Waals surface area contributed by atoms with Gasteiger partial charge in [0.2, 0.25) is 0 Å². The van der Waals surface area contributed by atoms with Gasteiger partial charge in [0.15, 0.2) is 5.78 Å². The van der Waals surface area contributed by atoms with Crippen molar-refractivity contribution in [2.75, 3.05) is 6.61 Å². The van der Waals surface area contributed by atoms with E-state index in [1.807, 2.05) is 6.08 Å². The first-order valence-electron chi connectivity index (χ1n) is 12.8. The summed E-state index contributed by atoms with van der Waals surface area (Å²) in [4.78, 5) is 12.1. The molecule has 3 N–H and O–H groups in total. The molecular weight excluding hydrogens is 388 g/mol. The van der Waals surface area contributed by atoms with Gasteiger partial charge in [0.1, 0.15) is 0 Å². The Kier molecular flexibility index (Phi) is 6.48. The molecule has 0 unspecified atom stereocenters. The van der Waals surface area contributed by atoms with Gasteiger partial charge in [-0.3, -0.25) is 4.79 Å². The molecule has 0 bridgehead atoms. The molecule has 0 spiro atoms. The fraction of sp³-hybridized carbons (Fsp3) is 0.889. The van der Waals surface area contributed by atoms with Gasteiger partial charge in [0.25, 0.3) is 0 Å². The Hall–Kier alpha value is -0.710. The second kappa shape index (κ2) is 8.57. The predicted molar refractivity (Wildman–Crippen MR) is 122 cm³/mol. The molecule has 4 aliphatic rings. The van der Waals surface area contributed by atoms with E-state index in [-0.39, 0.29) is 41.2 Å². The lowest BCUT2D eigenvalue weighted by Gasteiger charge is -2.61. The molecule has 0 saturated heterocycles. The van der Waals surface area contributed by atoms with Crippen LogP contribution in [0.5, 0.6) is 0 Å². The number of rotatable bonds is 6. The summed E-state index contributed by atoms with van der Waals surface area (Å²) in [7, 11) is 0. The summed E-state index contributed by atoms with van der Waals surface area (Å²) in [5.41, 5.74) is 0.949. The molecular formula is C27H44O4. The van der Waals surface area contributed by atoms with Crippen LogP contribution < -0.4 is 0 Å². The molecule has 0 aromatic heterocycles. The van der Waals surface area contributed by atoms with Gasteiger partial charge in [0, 0.05) is 13.0 Å². The third-order valence-corrected chi connectivity index (χ3v) is 10.5. The summed E-state index contributed by atoms with van der Waals surface area (Å²) in [6.07, 6.45) is 9.50. The fourth-order valence-corrected chi connectivity index (χ4v) is 8.54. The minimum absolute atomic E-state index is 0.0513. The number of hydrogen-bond acceptors (Lipinski definition) is 4. The van der Waals surface area contributed by atoms with Crippen LogP contribution in [0, 0.1) is 46.3 Å². The fourth-order valence-electron chi connectivity index (χ4n) is 8.54. The van der Waals surface area contributed by atoms with E-state index >= 15 is 0 Å². The molecule has 0 radical (unpaired) electrons. The maximum absolute atomic E-state index is 12.1. The van der Waals surface area contributed by atoms with E-state index < -0.39 is 6.10 Å². The summed E-state index contributed by atoms with van der Waals surface area (Å²) < 4.78 is 0. The first-order chi connectivity index (χ1) is 14.6. The van der Waals surface area contributed by atoms with Crippen LogP contribution in [0.3, 0.4) is 0 Å². The van der Waals surface area contributed by atoms with Gasteiger partial charge in [-0.2, -0.15) is 0 Å². The van der Waals surface area contributed by atoms with Gasteiger partial charge in [0.05, 0.1) is 12.2 Å². The van der Waals surface area contributed by atoms with Gasteiger partial charge >= 0.3 is 0 Å². The molecule has 176 valence electrons.